The normalized spacial score (nSPS) is 10.5. The Bertz CT molecular complexity index is 730. The topological polar surface area (TPSA) is 60.1 Å². The van der Waals surface area contributed by atoms with Gasteiger partial charge in [-0.25, -0.2) is 4.68 Å². The van der Waals surface area contributed by atoms with Gasteiger partial charge < -0.3 is 9.73 Å². The van der Waals surface area contributed by atoms with Gasteiger partial charge in [-0.3, -0.25) is 4.79 Å². The molecule has 3 aromatic rings. The highest BCUT2D eigenvalue weighted by Gasteiger charge is 2.15. The fraction of sp³-hybridized carbons (Fsp3) is 0.125. The molecule has 5 nitrogen and oxygen atoms in total. The van der Waals surface area contributed by atoms with Crippen LogP contribution in [0.4, 0.5) is 0 Å². The van der Waals surface area contributed by atoms with Crippen molar-refractivity contribution in [2.24, 2.45) is 0 Å². The lowest BCUT2D eigenvalue weighted by atomic mass is 10.3. The zero-order chi connectivity index (χ0) is 14.7. The number of nitrogens with one attached hydrogen (secondary N) is 1. The highest BCUT2D eigenvalue weighted by atomic mass is 16.3. The largest absolute Gasteiger partial charge is 0.467 e. The van der Waals surface area contributed by atoms with Gasteiger partial charge in [0.2, 0.25) is 0 Å². The minimum absolute atomic E-state index is 0.184. The Morgan fingerprint density at radius 1 is 1.24 bits per heavy atom. The van der Waals surface area contributed by atoms with Crippen LogP contribution in [0, 0.1) is 6.92 Å². The van der Waals surface area contributed by atoms with E-state index < -0.39 is 0 Å². The van der Waals surface area contributed by atoms with Gasteiger partial charge in [-0.15, -0.1) is 0 Å². The van der Waals surface area contributed by atoms with Crippen LogP contribution >= 0.6 is 0 Å². The van der Waals surface area contributed by atoms with Gasteiger partial charge in [0.15, 0.2) is 0 Å². The number of para-hydroxylation sites is 1. The lowest BCUT2D eigenvalue weighted by Crippen LogP contribution is -2.25. The van der Waals surface area contributed by atoms with Crippen molar-refractivity contribution in [1.29, 1.82) is 0 Å². The molecule has 0 atom stereocenters. The molecular formula is C16H15N3O2. The van der Waals surface area contributed by atoms with Gasteiger partial charge in [-0.2, -0.15) is 5.10 Å². The third-order valence-electron chi connectivity index (χ3n) is 3.07. The number of amides is 1. The van der Waals surface area contributed by atoms with E-state index in [9.17, 15) is 4.79 Å². The fourth-order valence-electron chi connectivity index (χ4n) is 2.10. The molecule has 0 aliphatic rings. The fourth-order valence-corrected chi connectivity index (χ4v) is 2.10. The summed E-state index contributed by atoms with van der Waals surface area (Å²) in [6, 6.07) is 15.0. The van der Waals surface area contributed by atoms with Crippen molar-refractivity contribution < 1.29 is 9.21 Å². The van der Waals surface area contributed by atoms with Crippen LogP contribution in [0.3, 0.4) is 0 Å². The molecule has 0 radical (unpaired) electrons. The Kier molecular flexibility index (Phi) is 3.55. The predicted molar refractivity (Wildman–Crippen MR) is 78.2 cm³/mol. The van der Waals surface area contributed by atoms with Crippen LogP contribution in [0.25, 0.3) is 5.69 Å². The SMILES string of the molecule is Cc1cc(C(=O)NCc2ccco2)n(-c2ccccc2)n1. The first kappa shape index (κ1) is 13.2. The van der Waals surface area contributed by atoms with E-state index >= 15 is 0 Å². The van der Waals surface area contributed by atoms with Crippen molar-refractivity contribution in [2.45, 2.75) is 13.5 Å². The third kappa shape index (κ3) is 2.86. The summed E-state index contributed by atoms with van der Waals surface area (Å²) in [4.78, 5) is 12.3. The molecule has 0 aliphatic heterocycles. The monoisotopic (exact) mass is 281 g/mol. The highest BCUT2D eigenvalue weighted by molar-refractivity contribution is 5.93. The van der Waals surface area contributed by atoms with Crippen LogP contribution in [-0.2, 0) is 6.54 Å². The summed E-state index contributed by atoms with van der Waals surface area (Å²) in [5, 5.41) is 7.21. The number of furan rings is 1. The number of hydrogen-bond acceptors (Lipinski definition) is 3. The number of rotatable bonds is 4. The van der Waals surface area contributed by atoms with Gasteiger partial charge in [-0.1, -0.05) is 18.2 Å². The molecule has 3 rings (SSSR count). The smallest absolute Gasteiger partial charge is 0.270 e. The number of nitrogens with zero attached hydrogens (tertiary/aromatic N) is 2. The quantitative estimate of drug-likeness (QED) is 0.800. The molecule has 2 heterocycles. The molecule has 0 fully saturated rings. The lowest BCUT2D eigenvalue weighted by molar-refractivity contribution is 0.0940. The van der Waals surface area contributed by atoms with Gasteiger partial charge >= 0.3 is 0 Å². The van der Waals surface area contributed by atoms with Crippen molar-refractivity contribution in [3.05, 3.63) is 71.9 Å². The zero-order valence-electron chi connectivity index (χ0n) is 11.6. The van der Waals surface area contributed by atoms with E-state index in [1.165, 1.54) is 0 Å². The van der Waals surface area contributed by atoms with Crippen LogP contribution in [0.5, 0.6) is 0 Å². The number of carbonyl (C=O) groups is 1. The number of aryl methyl sites for hydroxylation is 1. The number of carbonyl (C=O) groups excluding carboxylic acids is 1. The summed E-state index contributed by atoms with van der Waals surface area (Å²) in [5.41, 5.74) is 2.15. The van der Waals surface area contributed by atoms with Gasteiger partial charge in [0.05, 0.1) is 24.2 Å². The minimum Gasteiger partial charge on any atom is -0.467 e. The molecular weight excluding hydrogens is 266 g/mol. The van der Waals surface area contributed by atoms with Crippen molar-refractivity contribution in [2.75, 3.05) is 0 Å². The van der Waals surface area contributed by atoms with Crippen LogP contribution in [-0.4, -0.2) is 15.7 Å². The molecule has 21 heavy (non-hydrogen) atoms. The van der Waals surface area contributed by atoms with E-state index in [0.29, 0.717) is 18.0 Å². The molecule has 0 saturated heterocycles. The van der Waals surface area contributed by atoms with Crippen LogP contribution < -0.4 is 5.32 Å². The Morgan fingerprint density at radius 3 is 2.76 bits per heavy atom. The average molecular weight is 281 g/mol. The third-order valence-corrected chi connectivity index (χ3v) is 3.07. The van der Waals surface area contributed by atoms with E-state index in [-0.39, 0.29) is 5.91 Å². The number of hydrogen-bond donors (Lipinski definition) is 1. The van der Waals surface area contributed by atoms with E-state index in [1.807, 2.05) is 43.3 Å². The van der Waals surface area contributed by atoms with E-state index in [0.717, 1.165) is 11.4 Å². The summed E-state index contributed by atoms with van der Waals surface area (Å²) in [6.45, 7) is 2.22. The summed E-state index contributed by atoms with van der Waals surface area (Å²) >= 11 is 0. The highest BCUT2D eigenvalue weighted by Crippen LogP contribution is 2.12. The molecule has 1 amide bonds. The van der Waals surface area contributed by atoms with E-state index in [4.69, 9.17) is 4.42 Å². The lowest BCUT2D eigenvalue weighted by Gasteiger charge is -2.07. The standard InChI is InChI=1S/C16H15N3O2/c1-12-10-15(16(20)17-11-14-8-5-9-21-14)19(18-12)13-6-3-2-4-7-13/h2-10H,11H2,1H3,(H,17,20). The molecule has 5 heteroatoms. The van der Waals surface area contributed by atoms with Gasteiger partial charge in [-0.05, 0) is 37.3 Å². The van der Waals surface area contributed by atoms with Crippen molar-refractivity contribution >= 4 is 5.91 Å². The summed E-state index contributed by atoms with van der Waals surface area (Å²) in [5.74, 6) is 0.529. The maximum absolute atomic E-state index is 12.3. The first-order valence-electron chi connectivity index (χ1n) is 6.67. The molecule has 2 aromatic heterocycles. The summed E-state index contributed by atoms with van der Waals surface area (Å²) in [6.07, 6.45) is 1.58. The first-order valence-corrected chi connectivity index (χ1v) is 6.67. The predicted octanol–water partition coefficient (Wildman–Crippen LogP) is 2.70. The second kappa shape index (κ2) is 5.66. The van der Waals surface area contributed by atoms with E-state index in [2.05, 4.69) is 10.4 Å². The van der Waals surface area contributed by atoms with Gasteiger partial charge in [0.25, 0.3) is 5.91 Å². The Balaban J connectivity index is 1.83. The summed E-state index contributed by atoms with van der Waals surface area (Å²) in [7, 11) is 0. The zero-order valence-corrected chi connectivity index (χ0v) is 11.6. The second-order valence-electron chi connectivity index (χ2n) is 4.68. The molecule has 1 aromatic carbocycles. The van der Waals surface area contributed by atoms with E-state index in [1.54, 1.807) is 23.1 Å². The molecule has 1 N–H and O–H groups in total. The van der Waals surface area contributed by atoms with Crippen molar-refractivity contribution in [3.63, 3.8) is 0 Å². The number of aromatic nitrogens is 2. The van der Waals surface area contributed by atoms with Gasteiger partial charge in [0.1, 0.15) is 11.5 Å². The Labute approximate surface area is 122 Å². The molecule has 0 bridgehead atoms. The van der Waals surface area contributed by atoms with Crippen LogP contribution in [0.15, 0.2) is 59.2 Å². The first-order chi connectivity index (χ1) is 10.2. The minimum atomic E-state index is -0.184. The molecule has 0 spiro atoms. The van der Waals surface area contributed by atoms with Gasteiger partial charge in [0, 0.05) is 0 Å². The van der Waals surface area contributed by atoms with Crippen LogP contribution in [0.1, 0.15) is 21.9 Å². The second-order valence-corrected chi connectivity index (χ2v) is 4.68. The maximum atomic E-state index is 12.3. The average Bonchev–Trinajstić information content (AvgIpc) is 3.15. The number of benzene rings is 1. The summed E-state index contributed by atoms with van der Waals surface area (Å²) < 4.78 is 6.85. The Hall–Kier alpha value is -2.82. The van der Waals surface area contributed by atoms with Crippen molar-refractivity contribution in [3.8, 4) is 5.69 Å². The molecule has 106 valence electrons. The van der Waals surface area contributed by atoms with Crippen molar-refractivity contribution in [1.82, 2.24) is 15.1 Å². The molecule has 0 aliphatic carbocycles. The maximum Gasteiger partial charge on any atom is 0.270 e. The molecule has 0 unspecified atom stereocenters. The molecule has 0 saturated carbocycles. The Morgan fingerprint density at radius 2 is 2.05 bits per heavy atom. The van der Waals surface area contributed by atoms with Crippen LogP contribution in [0.2, 0.25) is 0 Å².